The molecule has 1 atom stereocenters. The van der Waals surface area contributed by atoms with Crippen LogP contribution in [0.25, 0.3) is 0 Å². The Hall–Kier alpha value is -3.44. The molecule has 2 aliphatic heterocycles. The maximum atomic E-state index is 14.7. The number of alkyl halides is 3. The van der Waals surface area contributed by atoms with E-state index in [0.29, 0.717) is 6.07 Å². The SMILES string of the molecule is O=C1CCC(c2c(F)cc(N3CC(Nc4cc(F)cc(OC(F)(F)F)c4)C3)cc2F)C(=O)N1. The zero-order valence-electron chi connectivity index (χ0n) is 16.8. The number of amides is 2. The van der Waals surface area contributed by atoms with E-state index in [4.69, 9.17) is 0 Å². The van der Waals surface area contributed by atoms with Crippen molar-refractivity contribution in [3.8, 4) is 5.75 Å². The molecule has 2 aromatic rings. The van der Waals surface area contributed by atoms with Crippen LogP contribution in [0.2, 0.25) is 0 Å². The summed E-state index contributed by atoms with van der Waals surface area (Å²) < 4.78 is 83.8. The van der Waals surface area contributed by atoms with Crippen molar-refractivity contribution in [2.75, 3.05) is 23.3 Å². The number of anilines is 2. The summed E-state index contributed by atoms with van der Waals surface area (Å²) in [6.07, 6.45) is -4.99. The first-order chi connectivity index (χ1) is 15.5. The molecule has 2 amide bonds. The van der Waals surface area contributed by atoms with E-state index in [2.05, 4.69) is 15.4 Å². The number of benzene rings is 2. The average Bonchev–Trinajstić information content (AvgIpc) is 2.63. The van der Waals surface area contributed by atoms with Crippen LogP contribution in [0.1, 0.15) is 24.3 Å². The molecule has 2 aromatic carbocycles. The first-order valence-corrected chi connectivity index (χ1v) is 9.89. The van der Waals surface area contributed by atoms with Crippen molar-refractivity contribution < 1.29 is 40.7 Å². The van der Waals surface area contributed by atoms with Gasteiger partial charge in [-0.1, -0.05) is 0 Å². The van der Waals surface area contributed by atoms with Gasteiger partial charge in [-0.05, 0) is 24.6 Å². The molecule has 4 rings (SSSR count). The van der Waals surface area contributed by atoms with Gasteiger partial charge in [0, 0.05) is 48.6 Å². The highest BCUT2D eigenvalue weighted by Crippen LogP contribution is 2.34. The van der Waals surface area contributed by atoms with E-state index in [0.717, 1.165) is 24.3 Å². The highest BCUT2D eigenvalue weighted by atomic mass is 19.4. The second-order valence-electron chi connectivity index (χ2n) is 7.80. The van der Waals surface area contributed by atoms with Gasteiger partial charge < -0.3 is 15.0 Å². The lowest BCUT2D eigenvalue weighted by atomic mass is 9.89. The Morgan fingerprint density at radius 1 is 1.00 bits per heavy atom. The van der Waals surface area contributed by atoms with Gasteiger partial charge in [0.1, 0.15) is 23.2 Å². The van der Waals surface area contributed by atoms with Crippen LogP contribution < -0.4 is 20.3 Å². The number of piperidine rings is 1. The zero-order valence-corrected chi connectivity index (χ0v) is 16.8. The molecule has 0 aromatic heterocycles. The highest BCUT2D eigenvalue weighted by Gasteiger charge is 2.35. The maximum absolute atomic E-state index is 14.7. The smallest absolute Gasteiger partial charge is 0.406 e. The van der Waals surface area contributed by atoms with Crippen LogP contribution in [0.4, 0.5) is 37.7 Å². The number of ether oxygens (including phenoxy) is 1. The van der Waals surface area contributed by atoms with Crippen molar-refractivity contribution in [1.29, 1.82) is 0 Å². The monoisotopic (exact) mass is 473 g/mol. The molecule has 0 radical (unpaired) electrons. The van der Waals surface area contributed by atoms with E-state index in [1.54, 1.807) is 4.90 Å². The molecule has 0 spiro atoms. The van der Waals surface area contributed by atoms with Crippen LogP contribution >= 0.6 is 0 Å². The average molecular weight is 473 g/mol. The predicted octanol–water partition coefficient (Wildman–Crippen LogP) is 3.82. The lowest BCUT2D eigenvalue weighted by Crippen LogP contribution is -2.55. The fourth-order valence-corrected chi connectivity index (χ4v) is 3.91. The highest BCUT2D eigenvalue weighted by molar-refractivity contribution is 6.01. The van der Waals surface area contributed by atoms with Crippen molar-refractivity contribution in [3.05, 3.63) is 53.3 Å². The van der Waals surface area contributed by atoms with Gasteiger partial charge in [0.2, 0.25) is 11.8 Å². The number of nitrogens with one attached hydrogen (secondary N) is 2. The third-order valence-electron chi connectivity index (χ3n) is 5.37. The number of nitrogens with zero attached hydrogens (tertiary/aromatic N) is 1. The third kappa shape index (κ3) is 5.15. The first-order valence-electron chi connectivity index (χ1n) is 9.89. The molecule has 2 heterocycles. The molecular formula is C21H17F6N3O3. The lowest BCUT2D eigenvalue weighted by Gasteiger charge is -2.42. The van der Waals surface area contributed by atoms with Gasteiger partial charge in [0.05, 0.1) is 12.0 Å². The van der Waals surface area contributed by atoms with E-state index in [-0.39, 0.29) is 43.3 Å². The molecule has 2 aliphatic rings. The van der Waals surface area contributed by atoms with Crippen molar-refractivity contribution in [2.45, 2.75) is 31.2 Å². The topological polar surface area (TPSA) is 70.7 Å². The minimum absolute atomic E-state index is 0.00123. The normalized spacial score (nSPS) is 19.2. The standard InChI is InChI=1S/C21H17F6N3O3/c22-10-3-11(5-14(4-10)33-21(25,26)27)28-12-8-30(9-12)13-6-16(23)19(17(24)7-13)15-1-2-18(31)29-20(15)32/h3-7,12,15,28H,1-2,8-9H2,(H,29,31,32). The molecule has 0 aliphatic carbocycles. The fraction of sp³-hybridized carbons (Fsp3) is 0.333. The predicted molar refractivity (Wildman–Crippen MR) is 104 cm³/mol. The van der Waals surface area contributed by atoms with Crippen molar-refractivity contribution in [3.63, 3.8) is 0 Å². The van der Waals surface area contributed by atoms with Gasteiger partial charge in [-0.15, -0.1) is 13.2 Å². The Morgan fingerprint density at radius 2 is 1.67 bits per heavy atom. The number of hydrogen-bond acceptors (Lipinski definition) is 5. The molecule has 12 heteroatoms. The molecule has 2 N–H and O–H groups in total. The summed E-state index contributed by atoms with van der Waals surface area (Å²) in [5.74, 6) is -5.84. The second kappa shape index (κ2) is 8.49. The lowest BCUT2D eigenvalue weighted by molar-refractivity contribution is -0.274. The van der Waals surface area contributed by atoms with Crippen LogP contribution in [-0.4, -0.2) is 37.3 Å². The quantitative estimate of drug-likeness (QED) is 0.511. The summed E-state index contributed by atoms with van der Waals surface area (Å²) in [7, 11) is 0. The van der Waals surface area contributed by atoms with Gasteiger partial charge in [-0.3, -0.25) is 14.9 Å². The number of halogens is 6. The van der Waals surface area contributed by atoms with Crippen LogP contribution in [0, 0.1) is 17.5 Å². The van der Waals surface area contributed by atoms with Crippen LogP contribution in [-0.2, 0) is 9.59 Å². The third-order valence-corrected chi connectivity index (χ3v) is 5.37. The summed E-state index contributed by atoms with van der Waals surface area (Å²) in [4.78, 5) is 24.8. The van der Waals surface area contributed by atoms with E-state index in [9.17, 15) is 35.9 Å². The minimum Gasteiger partial charge on any atom is -0.406 e. The molecule has 0 bridgehead atoms. The minimum atomic E-state index is -4.97. The van der Waals surface area contributed by atoms with Crippen LogP contribution in [0.5, 0.6) is 5.75 Å². The number of hydrogen-bond donors (Lipinski definition) is 2. The molecule has 176 valence electrons. The Labute approximate surface area is 183 Å². The Morgan fingerprint density at radius 3 is 2.27 bits per heavy atom. The molecule has 1 unspecified atom stereocenters. The summed E-state index contributed by atoms with van der Waals surface area (Å²) in [6, 6.07) is 4.42. The molecule has 2 fully saturated rings. The summed E-state index contributed by atoms with van der Waals surface area (Å²) >= 11 is 0. The number of carbonyl (C=O) groups excluding carboxylic acids is 2. The van der Waals surface area contributed by atoms with E-state index in [1.807, 2.05) is 0 Å². The number of carbonyl (C=O) groups is 2. The Balaban J connectivity index is 1.41. The first kappa shape index (κ1) is 22.7. The second-order valence-corrected chi connectivity index (χ2v) is 7.80. The largest absolute Gasteiger partial charge is 0.573 e. The van der Waals surface area contributed by atoms with Crippen molar-refractivity contribution >= 4 is 23.2 Å². The van der Waals surface area contributed by atoms with E-state index >= 15 is 0 Å². The van der Waals surface area contributed by atoms with Crippen LogP contribution in [0.15, 0.2) is 30.3 Å². The van der Waals surface area contributed by atoms with Crippen molar-refractivity contribution in [2.24, 2.45) is 0 Å². The van der Waals surface area contributed by atoms with Crippen LogP contribution in [0.3, 0.4) is 0 Å². The molecule has 2 saturated heterocycles. The van der Waals surface area contributed by atoms with E-state index in [1.165, 1.54) is 0 Å². The van der Waals surface area contributed by atoms with E-state index < -0.39 is 52.9 Å². The van der Waals surface area contributed by atoms with Gasteiger partial charge in [-0.25, -0.2) is 13.2 Å². The molecule has 6 nitrogen and oxygen atoms in total. The van der Waals surface area contributed by atoms with Gasteiger partial charge in [0.25, 0.3) is 0 Å². The summed E-state index contributed by atoms with van der Waals surface area (Å²) in [5.41, 5.74) is -0.139. The Bertz CT molecular complexity index is 1080. The van der Waals surface area contributed by atoms with Gasteiger partial charge in [0.15, 0.2) is 0 Å². The van der Waals surface area contributed by atoms with Gasteiger partial charge >= 0.3 is 6.36 Å². The number of imide groups is 1. The zero-order chi connectivity index (χ0) is 23.9. The Kier molecular flexibility index (Phi) is 5.85. The maximum Gasteiger partial charge on any atom is 0.573 e. The number of rotatable bonds is 5. The molecule has 0 saturated carbocycles. The van der Waals surface area contributed by atoms with Gasteiger partial charge in [-0.2, -0.15) is 0 Å². The summed E-state index contributed by atoms with van der Waals surface area (Å²) in [5, 5.41) is 4.91. The van der Waals surface area contributed by atoms with Crippen molar-refractivity contribution in [1.82, 2.24) is 5.32 Å². The molecule has 33 heavy (non-hydrogen) atoms. The summed E-state index contributed by atoms with van der Waals surface area (Å²) in [6.45, 7) is 0.477. The fourth-order valence-electron chi connectivity index (χ4n) is 3.91. The molecular weight excluding hydrogens is 456 g/mol.